The van der Waals surface area contributed by atoms with Crippen molar-refractivity contribution in [2.45, 2.75) is 13.8 Å². The van der Waals surface area contributed by atoms with Crippen LogP contribution in [0.5, 0.6) is 5.75 Å². The molecule has 1 rings (SSSR count). The lowest BCUT2D eigenvalue weighted by molar-refractivity contribution is 0.328. The zero-order chi connectivity index (χ0) is 13.9. The fourth-order valence-corrected chi connectivity index (χ4v) is 1.54. The van der Waals surface area contributed by atoms with Crippen LogP contribution in [0.15, 0.2) is 41.9 Å². The average Bonchev–Trinajstić information content (AvgIpc) is 2.41. The molecule has 1 aromatic carbocycles. The molecule has 0 aliphatic carbocycles. The molecule has 0 saturated heterocycles. The Labute approximate surface area is 115 Å². The number of nitrogens with one attached hydrogen (secondary N) is 2. The number of nitrogens with zero attached hydrogens (tertiary/aromatic N) is 1. The molecule has 0 atom stereocenters. The molecule has 0 aliphatic rings. The minimum Gasteiger partial charge on any atom is -0.492 e. The monoisotopic (exact) mass is 261 g/mol. The lowest BCUT2D eigenvalue weighted by atomic mass is 10.2. The molecule has 104 valence electrons. The summed E-state index contributed by atoms with van der Waals surface area (Å²) in [5.41, 5.74) is 1.20. The summed E-state index contributed by atoms with van der Waals surface area (Å²) in [5.74, 6) is 1.68. The summed E-state index contributed by atoms with van der Waals surface area (Å²) in [6.07, 6.45) is 1.80. The third kappa shape index (κ3) is 6.50. The van der Waals surface area contributed by atoms with Crippen LogP contribution in [0.1, 0.15) is 12.5 Å². The summed E-state index contributed by atoms with van der Waals surface area (Å²) in [7, 11) is 0. The molecule has 0 aliphatic heterocycles. The van der Waals surface area contributed by atoms with Crippen LogP contribution in [-0.4, -0.2) is 32.2 Å². The Bertz CT molecular complexity index is 416. The Kier molecular flexibility index (Phi) is 7.17. The van der Waals surface area contributed by atoms with Gasteiger partial charge in [-0.05, 0) is 31.5 Å². The molecule has 4 heteroatoms. The first-order valence-electron chi connectivity index (χ1n) is 6.58. The normalized spacial score (nSPS) is 10.9. The van der Waals surface area contributed by atoms with Crippen LogP contribution in [0.25, 0.3) is 0 Å². The largest absolute Gasteiger partial charge is 0.492 e. The Hall–Kier alpha value is -1.97. The second-order valence-electron chi connectivity index (χ2n) is 4.10. The van der Waals surface area contributed by atoms with E-state index in [1.165, 1.54) is 5.56 Å². The SMILES string of the molecule is C=CCNC(=NCCOc1cccc(C)c1)NCC. The van der Waals surface area contributed by atoms with E-state index in [4.69, 9.17) is 4.74 Å². The first-order valence-corrected chi connectivity index (χ1v) is 6.58. The lowest BCUT2D eigenvalue weighted by Gasteiger charge is -2.10. The van der Waals surface area contributed by atoms with Crippen molar-refractivity contribution >= 4 is 5.96 Å². The highest BCUT2D eigenvalue weighted by Crippen LogP contribution is 2.11. The van der Waals surface area contributed by atoms with E-state index in [-0.39, 0.29) is 0 Å². The van der Waals surface area contributed by atoms with E-state index in [9.17, 15) is 0 Å². The molecule has 19 heavy (non-hydrogen) atoms. The zero-order valence-corrected chi connectivity index (χ0v) is 11.8. The predicted octanol–water partition coefficient (Wildman–Crippen LogP) is 2.11. The molecule has 2 N–H and O–H groups in total. The topological polar surface area (TPSA) is 45.7 Å². The Morgan fingerprint density at radius 3 is 2.95 bits per heavy atom. The van der Waals surface area contributed by atoms with Gasteiger partial charge in [0.2, 0.25) is 0 Å². The van der Waals surface area contributed by atoms with Gasteiger partial charge in [0.25, 0.3) is 0 Å². The van der Waals surface area contributed by atoms with Gasteiger partial charge in [-0.2, -0.15) is 0 Å². The third-order valence-electron chi connectivity index (χ3n) is 2.38. The van der Waals surface area contributed by atoms with Crippen LogP contribution >= 0.6 is 0 Å². The smallest absolute Gasteiger partial charge is 0.191 e. The molecular formula is C15H23N3O. The summed E-state index contributed by atoms with van der Waals surface area (Å²) in [4.78, 5) is 4.41. The number of hydrogen-bond acceptors (Lipinski definition) is 2. The van der Waals surface area contributed by atoms with E-state index in [1.807, 2.05) is 38.1 Å². The average molecular weight is 261 g/mol. The van der Waals surface area contributed by atoms with Crippen LogP contribution in [-0.2, 0) is 0 Å². The highest BCUT2D eigenvalue weighted by atomic mass is 16.5. The van der Waals surface area contributed by atoms with Crippen molar-refractivity contribution in [2.75, 3.05) is 26.2 Å². The minimum absolute atomic E-state index is 0.564. The number of benzene rings is 1. The summed E-state index contributed by atoms with van der Waals surface area (Å²) in [5, 5.41) is 6.30. The number of aliphatic imine (C=N–C) groups is 1. The first-order chi connectivity index (χ1) is 9.26. The predicted molar refractivity (Wildman–Crippen MR) is 80.9 cm³/mol. The van der Waals surface area contributed by atoms with Gasteiger partial charge >= 0.3 is 0 Å². The van der Waals surface area contributed by atoms with Crippen molar-refractivity contribution in [3.05, 3.63) is 42.5 Å². The van der Waals surface area contributed by atoms with E-state index < -0.39 is 0 Å². The second kappa shape index (κ2) is 9.03. The van der Waals surface area contributed by atoms with Crippen LogP contribution < -0.4 is 15.4 Å². The van der Waals surface area contributed by atoms with Gasteiger partial charge in [-0.3, -0.25) is 0 Å². The summed E-state index contributed by atoms with van der Waals surface area (Å²) in [6.45, 7) is 10.5. The number of aryl methyl sites for hydroxylation is 1. The standard InChI is InChI=1S/C15H23N3O/c1-4-9-17-15(16-5-2)18-10-11-19-14-8-6-7-13(3)12-14/h4,6-8,12H,1,5,9-11H2,2-3H3,(H2,16,17,18). The number of rotatable bonds is 7. The quantitative estimate of drug-likeness (QED) is 0.342. The molecule has 0 aromatic heterocycles. The van der Waals surface area contributed by atoms with Crippen LogP contribution in [0.3, 0.4) is 0 Å². The minimum atomic E-state index is 0.564. The molecule has 0 saturated carbocycles. The second-order valence-corrected chi connectivity index (χ2v) is 4.10. The van der Waals surface area contributed by atoms with E-state index >= 15 is 0 Å². The fourth-order valence-electron chi connectivity index (χ4n) is 1.54. The first kappa shape index (κ1) is 15.1. The van der Waals surface area contributed by atoms with E-state index in [2.05, 4.69) is 22.2 Å². The van der Waals surface area contributed by atoms with Crippen molar-refractivity contribution < 1.29 is 4.74 Å². The molecule has 0 unspecified atom stereocenters. The van der Waals surface area contributed by atoms with Crippen LogP contribution in [0.4, 0.5) is 0 Å². The fraction of sp³-hybridized carbons (Fsp3) is 0.400. The van der Waals surface area contributed by atoms with Crippen LogP contribution in [0, 0.1) is 6.92 Å². The molecule has 0 radical (unpaired) electrons. The number of hydrogen-bond donors (Lipinski definition) is 2. The van der Waals surface area contributed by atoms with E-state index in [0.29, 0.717) is 19.7 Å². The molecule has 4 nitrogen and oxygen atoms in total. The van der Waals surface area contributed by atoms with Crippen molar-refractivity contribution in [1.29, 1.82) is 0 Å². The zero-order valence-electron chi connectivity index (χ0n) is 11.8. The Morgan fingerprint density at radius 1 is 1.42 bits per heavy atom. The summed E-state index contributed by atoms with van der Waals surface area (Å²) in [6, 6.07) is 8.01. The maximum Gasteiger partial charge on any atom is 0.191 e. The van der Waals surface area contributed by atoms with Gasteiger partial charge in [-0.15, -0.1) is 6.58 Å². The molecular weight excluding hydrogens is 238 g/mol. The van der Waals surface area contributed by atoms with Crippen molar-refractivity contribution in [3.63, 3.8) is 0 Å². The number of guanidine groups is 1. The molecule has 0 fully saturated rings. The van der Waals surface area contributed by atoms with Crippen LogP contribution in [0.2, 0.25) is 0 Å². The molecule has 0 spiro atoms. The number of ether oxygens (including phenoxy) is 1. The van der Waals surface area contributed by atoms with Gasteiger partial charge in [0.15, 0.2) is 5.96 Å². The van der Waals surface area contributed by atoms with Crippen molar-refractivity contribution in [3.8, 4) is 5.75 Å². The Morgan fingerprint density at radius 2 is 2.26 bits per heavy atom. The third-order valence-corrected chi connectivity index (χ3v) is 2.38. The van der Waals surface area contributed by atoms with Crippen molar-refractivity contribution in [2.24, 2.45) is 4.99 Å². The Balaban J connectivity index is 2.35. The highest BCUT2D eigenvalue weighted by molar-refractivity contribution is 5.79. The van der Waals surface area contributed by atoms with Gasteiger partial charge in [0.05, 0.1) is 6.54 Å². The van der Waals surface area contributed by atoms with Gasteiger partial charge in [-0.25, -0.2) is 4.99 Å². The molecule has 0 bridgehead atoms. The molecule has 1 aromatic rings. The maximum atomic E-state index is 5.64. The molecule has 0 heterocycles. The summed E-state index contributed by atoms with van der Waals surface area (Å²) >= 11 is 0. The van der Waals surface area contributed by atoms with Gasteiger partial charge < -0.3 is 15.4 Å². The van der Waals surface area contributed by atoms with Crippen molar-refractivity contribution in [1.82, 2.24) is 10.6 Å². The molecule has 0 amide bonds. The maximum absolute atomic E-state index is 5.64. The van der Waals surface area contributed by atoms with E-state index in [1.54, 1.807) is 6.08 Å². The van der Waals surface area contributed by atoms with Gasteiger partial charge in [0, 0.05) is 13.1 Å². The highest BCUT2D eigenvalue weighted by Gasteiger charge is 1.96. The lowest BCUT2D eigenvalue weighted by Crippen LogP contribution is -2.37. The van der Waals surface area contributed by atoms with Gasteiger partial charge in [0.1, 0.15) is 12.4 Å². The summed E-state index contributed by atoms with van der Waals surface area (Å²) < 4.78 is 5.64. The van der Waals surface area contributed by atoms with E-state index in [0.717, 1.165) is 18.3 Å². The van der Waals surface area contributed by atoms with Gasteiger partial charge in [-0.1, -0.05) is 18.2 Å².